The minimum atomic E-state index is 0.545. The highest BCUT2D eigenvalue weighted by molar-refractivity contribution is 4.92. The Balaban J connectivity index is 1.39. The Morgan fingerprint density at radius 3 is 2.88 bits per heavy atom. The van der Waals surface area contributed by atoms with E-state index in [4.69, 9.17) is 4.74 Å². The van der Waals surface area contributed by atoms with Crippen molar-refractivity contribution in [3.05, 3.63) is 0 Å². The summed E-state index contributed by atoms with van der Waals surface area (Å²) in [6.07, 6.45) is 4.20. The molecule has 2 aliphatic heterocycles. The maximum atomic E-state index is 5.53. The zero-order valence-corrected chi connectivity index (χ0v) is 10.8. The lowest BCUT2D eigenvalue weighted by atomic mass is 10.0. The van der Waals surface area contributed by atoms with Gasteiger partial charge in [0.15, 0.2) is 0 Å². The van der Waals surface area contributed by atoms with Crippen molar-refractivity contribution in [3.63, 3.8) is 0 Å². The molecule has 0 aromatic carbocycles. The summed E-state index contributed by atoms with van der Waals surface area (Å²) in [7, 11) is 2.04. The van der Waals surface area contributed by atoms with Gasteiger partial charge in [-0.1, -0.05) is 0 Å². The fraction of sp³-hybridized carbons (Fsp3) is 1.00. The quantitative estimate of drug-likeness (QED) is 0.711. The zero-order valence-electron chi connectivity index (χ0n) is 10.8. The van der Waals surface area contributed by atoms with Gasteiger partial charge in [0, 0.05) is 43.7 Å². The Labute approximate surface area is 104 Å². The average molecular weight is 239 g/mol. The lowest BCUT2D eigenvalue weighted by Gasteiger charge is -2.20. The topological polar surface area (TPSA) is 36.5 Å². The summed E-state index contributed by atoms with van der Waals surface area (Å²) in [5.41, 5.74) is 0. The Morgan fingerprint density at radius 2 is 2.12 bits per heavy atom. The molecule has 2 saturated heterocycles. The number of rotatable bonds is 5. The van der Waals surface area contributed by atoms with Gasteiger partial charge in [-0.15, -0.1) is 0 Å². The van der Waals surface area contributed by atoms with Crippen LogP contribution in [0.4, 0.5) is 0 Å². The first-order valence-electron chi connectivity index (χ1n) is 7.09. The molecule has 0 spiro atoms. The molecule has 0 amide bonds. The van der Waals surface area contributed by atoms with Crippen LogP contribution in [0.15, 0.2) is 0 Å². The van der Waals surface area contributed by atoms with E-state index in [0.29, 0.717) is 18.0 Å². The number of nitrogens with zero attached hydrogens (tertiary/aromatic N) is 1. The van der Waals surface area contributed by atoms with Crippen LogP contribution in [0.2, 0.25) is 0 Å². The monoisotopic (exact) mass is 239 g/mol. The van der Waals surface area contributed by atoms with E-state index in [9.17, 15) is 0 Å². The van der Waals surface area contributed by atoms with Crippen LogP contribution in [0.5, 0.6) is 0 Å². The predicted octanol–water partition coefficient (Wildman–Crippen LogP) is 0.0471. The molecule has 0 aromatic rings. The van der Waals surface area contributed by atoms with E-state index in [2.05, 4.69) is 15.5 Å². The number of nitrogens with one attached hydrogen (secondary N) is 2. The molecule has 3 unspecified atom stereocenters. The van der Waals surface area contributed by atoms with Crippen molar-refractivity contribution < 1.29 is 4.74 Å². The highest BCUT2D eigenvalue weighted by Gasteiger charge is 2.35. The summed E-state index contributed by atoms with van der Waals surface area (Å²) in [4.78, 5) is 2.67. The third-order valence-electron chi connectivity index (χ3n) is 4.52. The molecule has 3 atom stereocenters. The molecular weight excluding hydrogens is 214 g/mol. The summed E-state index contributed by atoms with van der Waals surface area (Å²) in [6.45, 7) is 5.47. The SMILES string of the molecule is CNC1COCC1CNC1CCN(C2CC2)C1. The van der Waals surface area contributed by atoms with Gasteiger partial charge in [0.05, 0.1) is 13.2 Å². The molecule has 0 radical (unpaired) electrons. The lowest BCUT2D eigenvalue weighted by Crippen LogP contribution is -2.42. The summed E-state index contributed by atoms with van der Waals surface area (Å²) >= 11 is 0. The molecule has 0 bridgehead atoms. The summed E-state index contributed by atoms with van der Waals surface area (Å²) < 4.78 is 5.53. The van der Waals surface area contributed by atoms with E-state index in [-0.39, 0.29) is 0 Å². The lowest BCUT2D eigenvalue weighted by molar-refractivity contribution is 0.182. The number of hydrogen-bond acceptors (Lipinski definition) is 4. The summed E-state index contributed by atoms with van der Waals surface area (Å²) in [5.74, 6) is 0.648. The third-order valence-corrected chi connectivity index (χ3v) is 4.52. The second-order valence-electron chi connectivity index (χ2n) is 5.81. The minimum Gasteiger partial charge on any atom is -0.379 e. The van der Waals surface area contributed by atoms with Crippen LogP contribution in [0.1, 0.15) is 19.3 Å². The van der Waals surface area contributed by atoms with Gasteiger partial charge in [-0.3, -0.25) is 4.90 Å². The van der Waals surface area contributed by atoms with Gasteiger partial charge >= 0.3 is 0 Å². The van der Waals surface area contributed by atoms with Crippen molar-refractivity contribution in [3.8, 4) is 0 Å². The van der Waals surface area contributed by atoms with Gasteiger partial charge in [-0.25, -0.2) is 0 Å². The Hall–Kier alpha value is -0.160. The minimum absolute atomic E-state index is 0.545. The second-order valence-corrected chi connectivity index (χ2v) is 5.81. The van der Waals surface area contributed by atoms with Gasteiger partial charge in [0.25, 0.3) is 0 Å². The van der Waals surface area contributed by atoms with Gasteiger partial charge in [0.1, 0.15) is 0 Å². The largest absolute Gasteiger partial charge is 0.379 e. The third kappa shape index (κ3) is 2.81. The fourth-order valence-electron chi connectivity index (χ4n) is 3.16. The first-order valence-corrected chi connectivity index (χ1v) is 7.09. The van der Waals surface area contributed by atoms with Crippen LogP contribution in [0, 0.1) is 5.92 Å². The highest BCUT2D eigenvalue weighted by atomic mass is 16.5. The van der Waals surface area contributed by atoms with Crippen LogP contribution >= 0.6 is 0 Å². The molecule has 3 fully saturated rings. The van der Waals surface area contributed by atoms with E-state index in [1.807, 2.05) is 7.05 Å². The standard InChI is InChI=1S/C13H25N3O/c1-14-13-9-17-8-10(13)6-15-11-4-5-16(7-11)12-2-3-12/h10-15H,2-9H2,1H3. The van der Waals surface area contributed by atoms with Crippen molar-refractivity contribution in [2.45, 2.75) is 37.4 Å². The van der Waals surface area contributed by atoms with Gasteiger partial charge < -0.3 is 15.4 Å². The van der Waals surface area contributed by atoms with Gasteiger partial charge in [-0.05, 0) is 26.3 Å². The van der Waals surface area contributed by atoms with Crippen LogP contribution in [-0.2, 0) is 4.74 Å². The van der Waals surface area contributed by atoms with E-state index >= 15 is 0 Å². The maximum Gasteiger partial charge on any atom is 0.0623 e. The van der Waals surface area contributed by atoms with Gasteiger partial charge in [-0.2, -0.15) is 0 Å². The summed E-state index contributed by atoms with van der Waals surface area (Å²) in [5, 5.41) is 7.09. The first kappa shape index (κ1) is 11.9. The Kier molecular flexibility index (Phi) is 3.66. The molecule has 4 heteroatoms. The zero-order chi connectivity index (χ0) is 11.7. The molecule has 98 valence electrons. The van der Waals surface area contributed by atoms with Crippen molar-refractivity contribution in [2.75, 3.05) is 39.9 Å². The van der Waals surface area contributed by atoms with Crippen LogP contribution in [-0.4, -0.2) is 62.9 Å². The Morgan fingerprint density at radius 1 is 1.24 bits per heavy atom. The molecule has 17 heavy (non-hydrogen) atoms. The van der Waals surface area contributed by atoms with Crippen LogP contribution in [0.25, 0.3) is 0 Å². The smallest absolute Gasteiger partial charge is 0.0623 e. The van der Waals surface area contributed by atoms with Crippen LogP contribution < -0.4 is 10.6 Å². The Bertz CT molecular complexity index is 257. The number of likely N-dealkylation sites (N-methyl/N-ethyl adjacent to an activating group) is 1. The van der Waals surface area contributed by atoms with Gasteiger partial charge in [0.2, 0.25) is 0 Å². The summed E-state index contributed by atoms with van der Waals surface area (Å²) in [6, 6.07) is 2.19. The predicted molar refractivity (Wildman–Crippen MR) is 68.2 cm³/mol. The van der Waals surface area contributed by atoms with Crippen molar-refractivity contribution in [1.29, 1.82) is 0 Å². The number of ether oxygens (including phenoxy) is 1. The highest BCUT2D eigenvalue weighted by Crippen LogP contribution is 2.29. The number of likely N-dealkylation sites (tertiary alicyclic amines) is 1. The molecular formula is C13H25N3O. The second kappa shape index (κ2) is 5.22. The molecule has 3 aliphatic rings. The van der Waals surface area contributed by atoms with Crippen molar-refractivity contribution in [2.24, 2.45) is 5.92 Å². The maximum absolute atomic E-state index is 5.53. The molecule has 2 heterocycles. The molecule has 3 rings (SSSR count). The normalized spacial score (nSPS) is 39.0. The van der Waals surface area contributed by atoms with E-state index < -0.39 is 0 Å². The number of hydrogen-bond donors (Lipinski definition) is 2. The average Bonchev–Trinajstić information content (AvgIpc) is 2.93. The van der Waals surface area contributed by atoms with Crippen molar-refractivity contribution >= 4 is 0 Å². The fourth-order valence-corrected chi connectivity index (χ4v) is 3.16. The molecule has 0 aromatic heterocycles. The van der Waals surface area contributed by atoms with E-state index in [1.165, 1.54) is 32.4 Å². The van der Waals surface area contributed by atoms with E-state index in [1.54, 1.807) is 0 Å². The van der Waals surface area contributed by atoms with E-state index in [0.717, 1.165) is 25.8 Å². The molecule has 2 N–H and O–H groups in total. The molecule has 1 aliphatic carbocycles. The van der Waals surface area contributed by atoms with Crippen molar-refractivity contribution in [1.82, 2.24) is 15.5 Å². The molecule has 4 nitrogen and oxygen atoms in total. The van der Waals surface area contributed by atoms with Crippen LogP contribution in [0.3, 0.4) is 0 Å². The molecule has 1 saturated carbocycles. The first-order chi connectivity index (χ1) is 8.36.